The smallest absolute Gasteiger partial charge is 0.169 e. The van der Waals surface area contributed by atoms with Crippen LogP contribution in [0.1, 0.15) is 139 Å². The second-order valence-corrected chi connectivity index (χ2v) is 13.1. The molecule has 2 nitrogen and oxygen atoms in total. The molecule has 0 unspecified atom stereocenters. The van der Waals surface area contributed by atoms with Crippen molar-refractivity contribution in [3.05, 3.63) is 132 Å². The fourth-order valence-corrected chi connectivity index (χ4v) is 6.52. The quantitative estimate of drug-likeness (QED) is 0.0613. The molecular weight excluding hydrogens is 556 g/mol. The van der Waals surface area contributed by atoms with Gasteiger partial charge < -0.3 is 0 Å². The summed E-state index contributed by atoms with van der Waals surface area (Å²) in [6.07, 6.45) is 30.8. The van der Waals surface area contributed by atoms with Crippen molar-refractivity contribution in [2.24, 2.45) is 0 Å². The molecular formula is C44H60N2+2. The summed E-state index contributed by atoms with van der Waals surface area (Å²) in [6.45, 7) is 6.75. The van der Waals surface area contributed by atoms with Crippen molar-refractivity contribution in [1.29, 1.82) is 0 Å². The molecule has 2 heterocycles. The van der Waals surface area contributed by atoms with Crippen LogP contribution in [0.4, 0.5) is 0 Å². The molecule has 0 atom stereocenters. The van der Waals surface area contributed by atoms with E-state index in [2.05, 4.69) is 133 Å². The van der Waals surface area contributed by atoms with E-state index >= 15 is 0 Å². The highest BCUT2D eigenvalue weighted by atomic mass is 14.9. The Balaban J connectivity index is 1.52. The van der Waals surface area contributed by atoms with E-state index in [4.69, 9.17) is 0 Å². The third kappa shape index (κ3) is 12.0. The molecule has 0 saturated heterocycles. The zero-order valence-corrected chi connectivity index (χ0v) is 29.0. The number of rotatable bonds is 22. The molecule has 0 amide bonds. The van der Waals surface area contributed by atoms with Gasteiger partial charge in [-0.1, -0.05) is 152 Å². The van der Waals surface area contributed by atoms with Crippen molar-refractivity contribution in [2.45, 2.75) is 130 Å². The molecule has 0 radical (unpaired) electrons. The van der Waals surface area contributed by atoms with Gasteiger partial charge in [0, 0.05) is 37.1 Å². The normalized spacial score (nSPS) is 11.1. The van der Waals surface area contributed by atoms with Crippen molar-refractivity contribution in [1.82, 2.24) is 0 Å². The molecule has 4 rings (SSSR count). The molecule has 2 aromatic heterocycles. The summed E-state index contributed by atoms with van der Waals surface area (Å²) in [7, 11) is 0. The number of aromatic nitrogens is 2. The van der Waals surface area contributed by atoms with Crippen molar-refractivity contribution in [3.8, 4) is 0 Å². The molecule has 0 bridgehead atoms. The lowest BCUT2D eigenvalue weighted by Crippen LogP contribution is -2.33. The van der Waals surface area contributed by atoms with E-state index in [9.17, 15) is 0 Å². The number of hydrogen-bond donors (Lipinski definition) is 0. The summed E-state index contributed by atoms with van der Waals surface area (Å²) < 4.78 is 4.73. The fraction of sp³-hybridized carbons (Fsp3) is 0.455. The molecule has 0 aliphatic carbocycles. The number of nitrogens with zero attached hydrogens (tertiary/aromatic N) is 2. The van der Waals surface area contributed by atoms with Gasteiger partial charge in [-0.25, -0.2) is 9.13 Å². The maximum Gasteiger partial charge on any atom is 0.169 e. The minimum Gasteiger partial charge on any atom is -0.205 e. The third-order valence-corrected chi connectivity index (χ3v) is 9.27. The first-order chi connectivity index (χ1) is 22.8. The van der Waals surface area contributed by atoms with Crippen molar-refractivity contribution in [3.63, 3.8) is 0 Å². The van der Waals surface area contributed by atoms with Crippen LogP contribution in [0.5, 0.6) is 0 Å². The van der Waals surface area contributed by atoms with Crippen LogP contribution in [-0.2, 0) is 13.1 Å². The van der Waals surface area contributed by atoms with Crippen molar-refractivity contribution < 1.29 is 9.13 Å². The standard InChI is InChI=1S/C44H60N2/c1-3-5-7-9-11-13-15-23-33-45-35-29-41(30-36-45)44(43(39-25-19-17-20-26-39)40-27-21-18-22-28-40)42-31-37-46(38-32-42)34-24-16-14-12-10-8-6-4-2/h17-22,25-32,35-38H,3-16,23-24,33-34H2,1-2H3/q+2. The Kier molecular flexibility index (Phi) is 16.4. The number of benzene rings is 2. The van der Waals surface area contributed by atoms with Crippen LogP contribution in [0, 0.1) is 0 Å². The van der Waals surface area contributed by atoms with E-state index in [1.807, 2.05) is 0 Å². The van der Waals surface area contributed by atoms with Crippen LogP contribution >= 0.6 is 0 Å². The zero-order valence-electron chi connectivity index (χ0n) is 29.0. The Bertz CT molecular complexity index is 1260. The molecule has 0 saturated carbocycles. The molecule has 244 valence electrons. The van der Waals surface area contributed by atoms with E-state index in [-0.39, 0.29) is 0 Å². The predicted molar refractivity (Wildman–Crippen MR) is 196 cm³/mol. The lowest BCUT2D eigenvalue weighted by molar-refractivity contribution is -0.697. The Morgan fingerprint density at radius 1 is 0.348 bits per heavy atom. The molecule has 4 aromatic rings. The summed E-state index contributed by atoms with van der Waals surface area (Å²) in [5.74, 6) is 0. The molecule has 0 aliphatic heterocycles. The van der Waals surface area contributed by atoms with Crippen LogP contribution in [0.3, 0.4) is 0 Å². The minimum absolute atomic E-state index is 1.09. The number of aryl methyl sites for hydroxylation is 2. The summed E-state index contributed by atoms with van der Waals surface area (Å²) in [6, 6.07) is 31.1. The monoisotopic (exact) mass is 616 g/mol. The van der Waals surface area contributed by atoms with Crippen LogP contribution in [0.2, 0.25) is 0 Å². The first kappa shape index (κ1) is 35.3. The SMILES string of the molecule is CCCCCCCCCC[n+]1ccc(C(=C(c2ccccc2)c2ccccc2)c2cc[n+](CCCCCCCCCC)cc2)cc1. The Morgan fingerprint density at radius 2 is 0.630 bits per heavy atom. The molecule has 0 aliphatic rings. The highest BCUT2D eigenvalue weighted by molar-refractivity contribution is 6.04. The summed E-state index contributed by atoms with van der Waals surface area (Å²) in [5.41, 5.74) is 7.58. The summed E-state index contributed by atoms with van der Waals surface area (Å²) in [5, 5.41) is 0. The lowest BCUT2D eigenvalue weighted by atomic mass is 9.86. The fourth-order valence-electron chi connectivity index (χ4n) is 6.52. The van der Waals surface area contributed by atoms with Gasteiger partial charge in [0.05, 0.1) is 0 Å². The van der Waals surface area contributed by atoms with Gasteiger partial charge in [-0.05, 0) is 46.2 Å². The van der Waals surface area contributed by atoms with E-state index in [1.165, 1.54) is 136 Å². The van der Waals surface area contributed by atoms with E-state index in [0.717, 1.165) is 13.1 Å². The number of hydrogen-bond acceptors (Lipinski definition) is 0. The van der Waals surface area contributed by atoms with Gasteiger partial charge in [-0.3, -0.25) is 0 Å². The Hall–Kier alpha value is -3.52. The van der Waals surface area contributed by atoms with Crippen LogP contribution in [0.15, 0.2) is 110 Å². The molecule has 0 fully saturated rings. The molecule has 2 aromatic carbocycles. The van der Waals surface area contributed by atoms with E-state index in [1.54, 1.807) is 0 Å². The lowest BCUT2D eigenvalue weighted by Gasteiger charge is -2.17. The molecule has 2 heteroatoms. The van der Waals surface area contributed by atoms with Gasteiger partial charge >= 0.3 is 0 Å². The van der Waals surface area contributed by atoms with Gasteiger partial charge in [0.25, 0.3) is 0 Å². The second-order valence-electron chi connectivity index (χ2n) is 13.1. The van der Waals surface area contributed by atoms with Crippen LogP contribution < -0.4 is 9.13 Å². The molecule has 46 heavy (non-hydrogen) atoms. The van der Waals surface area contributed by atoms with Gasteiger partial charge in [-0.2, -0.15) is 0 Å². The second kappa shape index (κ2) is 21.3. The van der Waals surface area contributed by atoms with Crippen LogP contribution in [0.25, 0.3) is 11.1 Å². The van der Waals surface area contributed by atoms with Crippen molar-refractivity contribution in [2.75, 3.05) is 0 Å². The Labute approximate surface area is 281 Å². The topological polar surface area (TPSA) is 7.76 Å². The van der Waals surface area contributed by atoms with Crippen molar-refractivity contribution >= 4 is 11.1 Å². The average molecular weight is 617 g/mol. The van der Waals surface area contributed by atoms with Crippen LogP contribution in [-0.4, -0.2) is 0 Å². The van der Waals surface area contributed by atoms with Gasteiger partial charge in [0.15, 0.2) is 24.8 Å². The molecule has 0 N–H and O–H groups in total. The zero-order chi connectivity index (χ0) is 32.1. The predicted octanol–water partition coefficient (Wildman–Crippen LogP) is 11.6. The molecule has 0 spiro atoms. The first-order valence-corrected chi connectivity index (χ1v) is 18.6. The number of pyridine rings is 2. The highest BCUT2D eigenvalue weighted by Crippen LogP contribution is 2.36. The van der Waals surface area contributed by atoms with Gasteiger partial charge in [0.2, 0.25) is 0 Å². The maximum absolute atomic E-state index is 2.37. The minimum atomic E-state index is 1.09. The van der Waals surface area contributed by atoms with Gasteiger partial charge in [-0.15, -0.1) is 0 Å². The number of unbranched alkanes of at least 4 members (excludes halogenated alkanes) is 14. The first-order valence-electron chi connectivity index (χ1n) is 18.6. The summed E-state index contributed by atoms with van der Waals surface area (Å²) >= 11 is 0. The Morgan fingerprint density at radius 3 is 0.957 bits per heavy atom. The van der Waals surface area contributed by atoms with E-state index in [0.29, 0.717) is 0 Å². The highest BCUT2D eigenvalue weighted by Gasteiger charge is 2.18. The summed E-state index contributed by atoms with van der Waals surface area (Å²) in [4.78, 5) is 0. The van der Waals surface area contributed by atoms with Gasteiger partial charge in [0.1, 0.15) is 13.1 Å². The maximum atomic E-state index is 2.37. The largest absolute Gasteiger partial charge is 0.205 e. The van der Waals surface area contributed by atoms with E-state index < -0.39 is 0 Å². The average Bonchev–Trinajstić information content (AvgIpc) is 3.11. The third-order valence-electron chi connectivity index (χ3n) is 9.27.